The van der Waals surface area contributed by atoms with Gasteiger partial charge < -0.3 is 5.11 Å². The highest BCUT2D eigenvalue weighted by Crippen LogP contribution is 2.32. The maximum atomic E-state index is 9.55. The molecule has 2 nitrogen and oxygen atoms in total. The predicted molar refractivity (Wildman–Crippen MR) is 56.3 cm³/mol. The molecule has 0 bridgehead atoms. The minimum Gasteiger partial charge on any atom is -0.395 e. The number of piperidine rings is 1. The average molecular weight is 190 g/mol. The Balaban J connectivity index is 2.27. The van der Waals surface area contributed by atoms with Crippen LogP contribution >= 0.6 is 0 Å². The fourth-order valence-electron chi connectivity index (χ4n) is 2.15. The average Bonchev–Trinajstić information content (AvgIpc) is 2.31. The van der Waals surface area contributed by atoms with E-state index < -0.39 is 0 Å². The number of aliphatic hydroxyl groups excluding tert-OH is 1. The molecule has 0 spiro atoms. The van der Waals surface area contributed by atoms with Crippen LogP contribution in [-0.4, -0.2) is 24.8 Å². The molecule has 14 heavy (non-hydrogen) atoms. The van der Waals surface area contributed by atoms with E-state index >= 15 is 0 Å². The van der Waals surface area contributed by atoms with Gasteiger partial charge in [0.1, 0.15) is 0 Å². The number of hydrogen-bond acceptors (Lipinski definition) is 1. The van der Waals surface area contributed by atoms with E-state index in [1.165, 1.54) is 5.56 Å². The van der Waals surface area contributed by atoms with Crippen molar-refractivity contribution in [1.29, 1.82) is 0 Å². The number of rotatable bonds is 2. The second-order valence-corrected chi connectivity index (χ2v) is 3.98. The Morgan fingerprint density at radius 2 is 1.79 bits per heavy atom. The van der Waals surface area contributed by atoms with Crippen LogP contribution in [0, 0.1) is 0 Å². The Hall–Kier alpha value is -0.860. The van der Waals surface area contributed by atoms with Crippen LogP contribution in [0.15, 0.2) is 30.3 Å². The molecule has 1 aliphatic rings. The Kier molecular flexibility index (Phi) is 2.85. The topological polar surface area (TPSA) is 34.3 Å². The maximum absolute atomic E-state index is 9.55. The summed E-state index contributed by atoms with van der Waals surface area (Å²) < 4.78 is 0. The highest BCUT2D eigenvalue weighted by atomic mass is 16.3. The summed E-state index contributed by atoms with van der Waals surface area (Å²) in [5.74, 6) is 0. The minimum atomic E-state index is -0.0248. The Bertz CT molecular complexity index is 278. The van der Waals surface area contributed by atoms with Gasteiger partial charge in [0.05, 0.1) is 6.61 Å². The second-order valence-electron chi connectivity index (χ2n) is 3.98. The Labute approximate surface area is 85.0 Å². The third kappa shape index (κ3) is 1.68. The van der Waals surface area contributed by atoms with Gasteiger partial charge in [-0.1, -0.05) is 30.3 Å². The van der Waals surface area contributed by atoms with Gasteiger partial charge in [0.25, 0.3) is 0 Å². The third-order valence-corrected chi connectivity index (χ3v) is 3.19. The molecule has 75 valence electrons. The highest BCUT2D eigenvalue weighted by Gasteiger charge is 2.33. The predicted octanol–water partition coefficient (Wildman–Crippen LogP) is 1.31. The first kappa shape index (κ1) is 9.69. The van der Waals surface area contributed by atoms with E-state index in [2.05, 4.69) is 17.4 Å². The van der Waals surface area contributed by atoms with Gasteiger partial charge in [0.15, 0.2) is 0 Å². The fourth-order valence-corrected chi connectivity index (χ4v) is 2.15. The maximum Gasteiger partial charge on any atom is 0.0528 e. The second kappa shape index (κ2) is 4.11. The molecule has 1 aliphatic heterocycles. The van der Waals surface area contributed by atoms with Crippen molar-refractivity contribution in [3.63, 3.8) is 0 Å². The molecule has 0 atom stereocenters. The van der Waals surface area contributed by atoms with Crippen molar-refractivity contribution in [3.8, 4) is 0 Å². The van der Waals surface area contributed by atoms with Crippen LogP contribution in [0.2, 0.25) is 0 Å². The third-order valence-electron chi connectivity index (χ3n) is 3.19. The summed E-state index contributed by atoms with van der Waals surface area (Å²) in [6, 6.07) is 10.3. The molecule has 1 aromatic carbocycles. The molecule has 0 aliphatic carbocycles. The van der Waals surface area contributed by atoms with Crippen LogP contribution < -0.4 is 5.32 Å². The first-order chi connectivity index (χ1) is 6.87. The van der Waals surface area contributed by atoms with Crippen molar-refractivity contribution in [2.24, 2.45) is 0 Å². The van der Waals surface area contributed by atoms with Crippen molar-refractivity contribution in [3.05, 3.63) is 35.9 Å². The highest BCUT2D eigenvalue weighted by molar-refractivity contribution is 5.26. The molecule has 2 heteroatoms. The molecular formula is C12H16NO. The van der Waals surface area contributed by atoms with Crippen LogP contribution in [0.5, 0.6) is 0 Å². The van der Waals surface area contributed by atoms with E-state index in [9.17, 15) is 5.11 Å². The Morgan fingerprint density at radius 3 is 2.36 bits per heavy atom. The van der Waals surface area contributed by atoms with Crippen molar-refractivity contribution in [2.75, 3.05) is 19.7 Å². The molecule has 1 N–H and O–H groups in total. The summed E-state index contributed by atoms with van der Waals surface area (Å²) in [5.41, 5.74) is 1.24. The van der Waals surface area contributed by atoms with E-state index in [0.29, 0.717) is 0 Å². The lowest BCUT2D eigenvalue weighted by atomic mass is 9.74. The molecule has 1 saturated heterocycles. The van der Waals surface area contributed by atoms with Gasteiger partial charge in [-0.15, -0.1) is 0 Å². The van der Waals surface area contributed by atoms with Crippen LogP contribution in [0.25, 0.3) is 0 Å². The summed E-state index contributed by atoms with van der Waals surface area (Å²) in [4.78, 5) is 0. The van der Waals surface area contributed by atoms with Crippen LogP contribution in [-0.2, 0) is 5.41 Å². The number of nitrogens with zero attached hydrogens (tertiary/aromatic N) is 1. The minimum absolute atomic E-state index is 0.0248. The number of aliphatic hydroxyl groups is 1. The molecule has 2 rings (SSSR count). The molecular weight excluding hydrogens is 174 g/mol. The van der Waals surface area contributed by atoms with Crippen LogP contribution in [0.3, 0.4) is 0 Å². The van der Waals surface area contributed by atoms with Gasteiger partial charge in [0, 0.05) is 18.5 Å². The van der Waals surface area contributed by atoms with Gasteiger partial charge in [-0.05, 0) is 18.4 Å². The fraction of sp³-hybridized carbons (Fsp3) is 0.500. The van der Waals surface area contributed by atoms with Gasteiger partial charge in [-0.25, -0.2) is 5.32 Å². The first-order valence-electron chi connectivity index (χ1n) is 5.17. The van der Waals surface area contributed by atoms with Crippen molar-refractivity contribution in [2.45, 2.75) is 18.3 Å². The summed E-state index contributed by atoms with van der Waals surface area (Å²) in [6.07, 6.45) is 1.96. The summed E-state index contributed by atoms with van der Waals surface area (Å²) in [6.45, 7) is 2.01. The zero-order valence-corrected chi connectivity index (χ0v) is 8.32. The summed E-state index contributed by atoms with van der Waals surface area (Å²) >= 11 is 0. The zero-order chi connectivity index (χ0) is 9.86. The molecule has 0 amide bonds. The molecule has 1 radical (unpaired) electrons. The van der Waals surface area contributed by atoms with E-state index in [4.69, 9.17) is 0 Å². The molecule has 0 unspecified atom stereocenters. The van der Waals surface area contributed by atoms with Gasteiger partial charge in [0.2, 0.25) is 0 Å². The smallest absolute Gasteiger partial charge is 0.0528 e. The standard InChI is InChI=1S/C12H16NO/c14-10-12(6-8-13-9-7-12)11-4-2-1-3-5-11/h1-5,14H,6-10H2. The van der Waals surface area contributed by atoms with Crippen LogP contribution in [0.4, 0.5) is 0 Å². The first-order valence-corrected chi connectivity index (χ1v) is 5.17. The molecule has 1 fully saturated rings. The Morgan fingerprint density at radius 1 is 1.14 bits per heavy atom. The normalized spacial score (nSPS) is 20.6. The van der Waals surface area contributed by atoms with E-state index in [1.54, 1.807) is 0 Å². The lowest BCUT2D eigenvalue weighted by molar-refractivity contribution is 0.157. The van der Waals surface area contributed by atoms with Crippen molar-refractivity contribution < 1.29 is 5.11 Å². The van der Waals surface area contributed by atoms with Crippen LogP contribution in [0.1, 0.15) is 18.4 Å². The van der Waals surface area contributed by atoms with E-state index in [1.807, 2.05) is 18.2 Å². The number of benzene rings is 1. The molecule has 0 aromatic heterocycles. The molecule has 1 heterocycles. The quantitative estimate of drug-likeness (QED) is 0.749. The lowest BCUT2D eigenvalue weighted by Crippen LogP contribution is -2.39. The monoisotopic (exact) mass is 190 g/mol. The lowest BCUT2D eigenvalue weighted by Gasteiger charge is -2.35. The molecule has 0 saturated carbocycles. The van der Waals surface area contributed by atoms with Gasteiger partial charge >= 0.3 is 0 Å². The summed E-state index contributed by atoms with van der Waals surface area (Å²) in [7, 11) is 0. The van der Waals surface area contributed by atoms with Crippen molar-refractivity contribution in [1.82, 2.24) is 5.32 Å². The zero-order valence-electron chi connectivity index (χ0n) is 8.32. The SMILES string of the molecule is OCC1(c2ccccc2)CC[N]CC1. The van der Waals surface area contributed by atoms with Crippen molar-refractivity contribution >= 4 is 0 Å². The number of hydrogen-bond donors (Lipinski definition) is 1. The van der Waals surface area contributed by atoms with Gasteiger partial charge in [-0.3, -0.25) is 0 Å². The molecule has 1 aromatic rings. The van der Waals surface area contributed by atoms with E-state index in [0.717, 1.165) is 25.9 Å². The van der Waals surface area contributed by atoms with E-state index in [-0.39, 0.29) is 12.0 Å². The summed E-state index contributed by atoms with van der Waals surface area (Å²) in [5, 5.41) is 13.9. The largest absolute Gasteiger partial charge is 0.395 e. The van der Waals surface area contributed by atoms with Gasteiger partial charge in [-0.2, -0.15) is 0 Å².